The van der Waals surface area contributed by atoms with E-state index in [0.29, 0.717) is 11.4 Å². The minimum Gasteiger partial charge on any atom is -0.426 e. The van der Waals surface area contributed by atoms with Crippen LogP contribution in [-0.2, 0) is 14.3 Å². The van der Waals surface area contributed by atoms with Crippen LogP contribution in [0.3, 0.4) is 0 Å². The van der Waals surface area contributed by atoms with E-state index >= 15 is 0 Å². The van der Waals surface area contributed by atoms with E-state index in [4.69, 9.17) is 9.47 Å². The van der Waals surface area contributed by atoms with Gasteiger partial charge in [-0.2, -0.15) is 0 Å². The fourth-order valence-corrected chi connectivity index (χ4v) is 1.37. The highest BCUT2D eigenvalue weighted by Crippen LogP contribution is 2.19. The van der Waals surface area contributed by atoms with E-state index < -0.39 is 12.3 Å². The maximum absolute atomic E-state index is 12.7. The van der Waals surface area contributed by atoms with E-state index in [2.05, 4.69) is 5.32 Å². The molecule has 2 rings (SSSR count). The summed E-state index contributed by atoms with van der Waals surface area (Å²) in [6.07, 6.45) is 0.579. The zero-order valence-corrected chi connectivity index (χ0v) is 8.57. The number of nitrogens with one attached hydrogen (secondary N) is 1. The fourth-order valence-electron chi connectivity index (χ4n) is 1.37. The summed E-state index contributed by atoms with van der Waals surface area (Å²) >= 11 is 0. The molecule has 16 heavy (non-hydrogen) atoms. The van der Waals surface area contributed by atoms with E-state index in [1.165, 1.54) is 25.3 Å². The van der Waals surface area contributed by atoms with Crippen molar-refractivity contribution in [2.75, 3.05) is 12.4 Å². The van der Waals surface area contributed by atoms with Crippen LogP contribution in [0.1, 0.15) is 0 Å². The molecule has 0 spiro atoms. The number of anilines is 1. The summed E-state index contributed by atoms with van der Waals surface area (Å²) in [7, 11) is 1.43. The second-order valence-electron chi connectivity index (χ2n) is 3.24. The van der Waals surface area contributed by atoms with Crippen LogP contribution >= 0.6 is 0 Å². The molecule has 0 aliphatic carbocycles. The molecule has 1 atom stereocenters. The second kappa shape index (κ2) is 4.32. The Kier molecular flexibility index (Phi) is 2.87. The summed E-state index contributed by atoms with van der Waals surface area (Å²) in [4.78, 5) is 11.0. The Labute approximate surface area is 91.7 Å². The number of carbonyl (C=O) groups is 1. The van der Waals surface area contributed by atoms with Crippen molar-refractivity contribution in [2.24, 2.45) is 0 Å². The number of hydrogen-bond donors (Lipinski definition) is 1. The summed E-state index contributed by atoms with van der Waals surface area (Å²) in [5.41, 5.74) is 1.16. The molecule has 1 aromatic rings. The molecular weight excluding hydrogens is 213 g/mol. The lowest BCUT2D eigenvalue weighted by molar-refractivity contribution is -0.155. The number of cyclic esters (lactones) is 1. The number of ether oxygens (including phenoxy) is 2. The molecule has 0 saturated carbocycles. The Morgan fingerprint density at radius 1 is 1.38 bits per heavy atom. The van der Waals surface area contributed by atoms with Crippen LogP contribution < -0.4 is 5.32 Å². The fraction of sp³-hybridized carbons (Fsp3) is 0.182. The molecule has 1 N–H and O–H groups in total. The van der Waals surface area contributed by atoms with E-state index in [-0.39, 0.29) is 5.82 Å². The third-order valence-electron chi connectivity index (χ3n) is 2.10. The van der Waals surface area contributed by atoms with Gasteiger partial charge in [-0.15, -0.1) is 0 Å². The first kappa shape index (κ1) is 10.6. The predicted molar refractivity (Wildman–Crippen MR) is 55.0 cm³/mol. The number of rotatable bonds is 3. The van der Waals surface area contributed by atoms with Gasteiger partial charge in [0.1, 0.15) is 5.82 Å². The number of methoxy groups -OCH3 is 1. The molecule has 0 bridgehead atoms. The summed E-state index contributed by atoms with van der Waals surface area (Å²) in [6.45, 7) is 0. The summed E-state index contributed by atoms with van der Waals surface area (Å²) in [5, 5.41) is 2.92. The molecule has 4 nitrogen and oxygen atoms in total. The lowest BCUT2D eigenvalue weighted by atomic mass is 10.3. The van der Waals surface area contributed by atoms with Gasteiger partial charge in [0.15, 0.2) is 0 Å². The van der Waals surface area contributed by atoms with Crippen molar-refractivity contribution >= 4 is 11.7 Å². The highest BCUT2D eigenvalue weighted by molar-refractivity contribution is 5.86. The lowest BCUT2D eigenvalue weighted by Crippen LogP contribution is -2.18. The van der Waals surface area contributed by atoms with Gasteiger partial charge in [-0.05, 0) is 24.3 Å². The van der Waals surface area contributed by atoms with Gasteiger partial charge in [-0.25, -0.2) is 9.18 Å². The summed E-state index contributed by atoms with van der Waals surface area (Å²) < 4.78 is 22.4. The van der Waals surface area contributed by atoms with E-state index in [1.54, 1.807) is 12.1 Å². The molecular formula is C11H10FNO3. The standard InChI is InChI=1S/C11H10FNO3/c1-15-11-9(6-10(14)16-11)13-8-4-2-7(12)3-5-8/h2-6,11,13H,1H3. The Morgan fingerprint density at radius 3 is 2.69 bits per heavy atom. The third kappa shape index (κ3) is 2.20. The zero-order valence-electron chi connectivity index (χ0n) is 8.57. The highest BCUT2D eigenvalue weighted by atomic mass is 19.1. The molecule has 0 saturated heterocycles. The van der Waals surface area contributed by atoms with Gasteiger partial charge in [0.25, 0.3) is 0 Å². The average molecular weight is 223 g/mol. The first-order valence-electron chi connectivity index (χ1n) is 4.66. The maximum Gasteiger partial charge on any atom is 0.335 e. The van der Waals surface area contributed by atoms with Gasteiger partial charge in [0, 0.05) is 18.9 Å². The van der Waals surface area contributed by atoms with Crippen molar-refractivity contribution < 1.29 is 18.7 Å². The molecule has 5 heteroatoms. The average Bonchev–Trinajstić information content (AvgIpc) is 2.62. The van der Waals surface area contributed by atoms with Gasteiger partial charge in [0.05, 0.1) is 5.70 Å². The Hall–Kier alpha value is -1.88. The molecule has 0 amide bonds. The molecule has 0 radical (unpaired) electrons. The van der Waals surface area contributed by atoms with Gasteiger partial charge < -0.3 is 14.8 Å². The van der Waals surface area contributed by atoms with Crippen LogP contribution in [0.25, 0.3) is 0 Å². The number of carbonyl (C=O) groups excluding carboxylic acids is 1. The monoisotopic (exact) mass is 223 g/mol. The maximum atomic E-state index is 12.7. The van der Waals surface area contributed by atoms with Crippen molar-refractivity contribution in [3.05, 3.63) is 41.9 Å². The molecule has 1 heterocycles. The van der Waals surface area contributed by atoms with E-state index in [0.717, 1.165) is 0 Å². The van der Waals surface area contributed by atoms with Gasteiger partial charge in [-0.3, -0.25) is 0 Å². The van der Waals surface area contributed by atoms with Crippen molar-refractivity contribution in [3.8, 4) is 0 Å². The van der Waals surface area contributed by atoms with Crippen LogP contribution in [0.2, 0.25) is 0 Å². The highest BCUT2D eigenvalue weighted by Gasteiger charge is 2.25. The lowest BCUT2D eigenvalue weighted by Gasteiger charge is -2.13. The predicted octanol–water partition coefficient (Wildman–Crippen LogP) is 1.65. The SMILES string of the molecule is COC1OC(=O)C=C1Nc1ccc(F)cc1. The second-order valence-corrected chi connectivity index (χ2v) is 3.24. The number of esters is 1. The van der Waals surface area contributed by atoms with Gasteiger partial charge in [0.2, 0.25) is 6.29 Å². The van der Waals surface area contributed by atoms with Crippen LogP contribution in [0.15, 0.2) is 36.0 Å². The molecule has 1 aliphatic heterocycles. The van der Waals surface area contributed by atoms with Crippen molar-refractivity contribution in [3.63, 3.8) is 0 Å². The Bertz CT molecular complexity index is 427. The van der Waals surface area contributed by atoms with Crippen LogP contribution in [0, 0.1) is 5.82 Å². The topological polar surface area (TPSA) is 47.6 Å². The van der Waals surface area contributed by atoms with Gasteiger partial charge >= 0.3 is 5.97 Å². The summed E-state index contributed by atoms with van der Waals surface area (Å²) in [5.74, 6) is -0.780. The number of halogens is 1. The molecule has 1 aliphatic rings. The summed E-state index contributed by atoms with van der Waals surface area (Å²) in [6, 6.07) is 5.77. The largest absolute Gasteiger partial charge is 0.426 e. The van der Waals surface area contributed by atoms with E-state index in [9.17, 15) is 9.18 Å². The smallest absolute Gasteiger partial charge is 0.335 e. The zero-order chi connectivity index (χ0) is 11.5. The number of benzene rings is 1. The molecule has 1 unspecified atom stereocenters. The van der Waals surface area contributed by atoms with E-state index in [1.807, 2.05) is 0 Å². The first-order chi connectivity index (χ1) is 7.69. The third-order valence-corrected chi connectivity index (χ3v) is 2.10. The Morgan fingerprint density at radius 2 is 2.06 bits per heavy atom. The minimum absolute atomic E-state index is 0.318. The molecule has 1 aromatic carbocycles. The number of hydrogen-bond acceptors (Lipinski definition) is 4. The van der Waals surface area contributed by atoms with Crippen LogP contribution in [-0.4, -0.2) is 19.4 Å². The quantitative estimate of drug-likeness (QED) is 0.791. The van der Waals surface area contributed by atoms with Crippen molar-refractivity contribution in [1.82, 2.24) is 0 Å². The molecule has 0 aromatic heterocycles. The molecule has 84 valence electrons. The van der Waals surface area contributed by atoms with Crippen LogP contribution in [0.5, 0.6) is 0 Å². The van der Waals surface area contributed by atoms with Crippen molar-refractivity contribution in [2.45, 2.75) is 6.29 Å². The molecule has 0 fully saturated rings. The van der Waals surface area contributed by atoms with Crippen LogP contribution in [0.4, 0.5) is 10.1 Å². The normalized spacial score (nSPS) is 19.2. The van der Waals surface area contributed by atoms with Gasteiger partial charge in [-0.1, -0.05) is 0 Å². The Balaban J connectivity index is 2.12. The first-order valence-corrected chi connectivity index (χ1v) is 4.66. The van der Waals surface area contributed by atoms with Crippen molar-refractivity contribution in [1.29, 1.82) is 0 Å². The minimum atomic E-state index is -0.724.